The summed E-state index contributed by atoms with van der Waals surface area (Å²) in [6.07, 6.45) is 6.84. The van der Waals surface area contributed by atoms with Crippen LogP contribution in [-0.2, 0) is 4.79 Å². The van der Waals surface area contributed by atoms with E-state index in [2.05, 4.69) is 15.0 Å². The molecule has 0 unspecified atom stereocenters. The predicted octanol–water partition coefficient (Wildman–Crippen LogP) is 1.30. The Morgan fingerprint density at radius 1 is 1.30 bits per heavy atom. The summed E-state index contributed by atoms with van der Waals surface area (Å²) in [6.45, 7) is 2.89. The molecule has 0 spiro atoms. The zero-order valence-corrected chi connectivity index (χ0v) is 15.5. The van der Waals surface area contributed by atoms with Gasteiger partial charge in [-0.15, -0.1) is 0 Å². The maximum Gasteiger partial charge on any atom is 0.264 e. The molecule has 0 saturated carbocycles. The number of carbonyl (C=O) groups excluding carboxylic acids is 2. The number of rotatable bonds is 5. The molecule has 0 radical (unpaired) electrons. The minimum atomic E-state index is -0.534. The topological polar surface area (TPSA) is 99.3 Å². The lowest BCUT2D eigenvalue weighted by Gasteiger charge is -2.39. The number of pyridine rings is 1. The van der Waals surface area contributed by atoms with Crippen molar-refractivity contribution in [1.29, 1.82) is 0 Å². The second-order valence-corrected chi connectivity index (χ2v) is 6.63. The number of nitrogens with one attached hydrogen (secondary N) is 1. The molecule has 142 valence electrons. The summed E-state index contributed by atoms with van der Waals surface area (Å²) in [5.41, 5.74) is 0.0835. The third-order valence-corrected chi connectivity index (χ3v) is 4.77. The summed E-state index contributed by atoms with van der Waals surface area (Å²) in [4.78, 5) is 52.0. The fourth-order valence-electron chi connectivity index (χ4n) is 3.18. The Morgan fingerprint density at radius 2 is 2.11 bits per heavy atom. The van der Waals surface area contributed by atoms with Crippen LogP contribution in [-0.4, -0.2) is 62.7 Å². The molecule has 1 saturated heterocycles. The van der Waals surface area contributed by atoms with Gasteiger partial charge in [0.15, 0.2) is 0 Å². The van der Waals surface area contributed by atoms with E-state index in [0.29, 0.717) is 30.9 Å². The van der Waals surface area contributed by atoms with Crippen molar-refractivity contribution in [3.05, 3.63) is 46.6 Å². The van der Waals surface area contributed by atoms with Crippen LogP contribution in [0.5, 0.6) is 0 Å². The van der Waals surface area contributed by atoms with E-state index in [-0.39, 0.29) is 11.5 Å². The molecule has 1 fully saturated rings. The lowest BCUT2D eigenvalue weighted by Crippen LogP contribution is -2.58. The molecule has 1 N–H and O–H groups in total. The van der Waals surface area contributed by atoms with Crippen LogP contribution < -0.4 is 5.56 Å². The number of aromatic amines is 1. The third kappa shape index (κ3) is 3.89. The molecule has 1 aliphatic rings. The first-order chi connectivity index (χ1) is 13.0. The molecule has 8 heteroatoms. The number of hydrogen-bond acceptors (Lipinski definition) is 5. The van der Waals surface area contributed by atoms with E-state index < -0.39 is 17.5 Å². The van der Waals surface area contributed by atoms with Crippen molar-refractivity contribution in [3.8, 4) is 11.4 Å². The molecule has 0 aliphatic carbocycles. The summed E-state index contributed by atoms with van der Waals surface area (Å²) in [5, 5.41) is 0. The van der Waals surface area contributed by atoms with Gasteiger partial charge in [-0.25, -0.2) is 4.98 Å². The number of H-pyrrole nitrogens is 1. The smallest absolute Gasteiger partial charge is 0.264 e. The SMILES string of the molecule is CCCC[C@@H]1C(=O)N(C)CCN1C(=O)c1cnc(-c2cccnc2)[nH]c1=O. The van der Waals surface area contributed by atoms with Gasteiger partial charge in [0, 0.05) is 44.3 Å². The number of piperazine rings is 1. The maximum atomic E-state index is 13.0. The van der Waals surface area contributed by atoms with Gasteiger partial charge in [-0.2, -0.15) is 0 Å². The predicted molar refractivity (Wildman–Crippen MR) is 100 cm³/mol. The molecule has 1 aliphatic heterocycles. The lowest BCUT2D eigenvalue weighted by molar-refractivity contribution is -0.138. The van der Waals surface area contributed by atoms with Gasteiger partial charge in [-0.1, -0.05) is 19.8 Å². The van der Waals surface area contributed by atoms with E-state index in [1.165, 1.54) is 11.1 Å². The summed E-state index contributed by atoms with van der Waals surface area (Å²) >= 11 is 0. The van der Waals surface area contributed by atoms with Crippen molar-refractivity contribution in [2.75, 3.05) is 20.1 Å². The molecule has 1 atom stereocenters. The van der Waals surface area contributed by atoms with Gasteiger partial charge >= 0.3 is 0 Å². The average Bonchev–Trinajstić information content (AvgIpc) is 2.69. The van der Waals surface area contributed by atoms with Crippen molar-refractivity contribution in [2.24, 2.45) is 0 Å². The van der Waals surface area contributed by atoms with Crippen LogP contribution in [0, 0.1) is 0 Å². The van der Waals surface area contributed by atoms with Crippen molar-refractivity contribution in [3.63, 3.8) is 0 Å². The lowest BCUT2D eigenvalue weighted by atomic mass is 10.0. The van der Waals surface area contributed by atoms with Crippen LogP contribution >= 0.6 is 0 Å². The normalized spacial score (nSPS) is 17.3. The third-order valence-electron chi connectivity index (χ3n) is 4.77. The Bertz CT molecular complexity index is 880. The molecule has 8 nitrogen and oxygen atoms in total. The highest BCUT2D eigenvalue weighted by Gasteiger charge is 2.36. The van der Waals surface area contributed by atoms with E-state index >= 15 is 0 Å². The molecule has 2 amide bonds. The first kappa shape index (κ1) is 18.8. The summed E-state index contributed by atoms with van der Waals surface area (Å²) in [7, 11) is 1.74. The van der Waals surface area contributed by atoms with Gasteiger partial charge < -0.3 is 14.8 Å². The van der Waals surface area contributed by atoms with E-state index in [9.17, 15) is 14.4 Å². The minimum Gasteiger partial charge on any atom is -0.342 e. The van der Waals surface area contributed by atoms with Crippen LogP contribution in [0.1, 0.15) is 36.5 Å². The maximum absolute atomic E-state index is 13.0. The fourth-order valence-corrected chi connectivity index (χ4v) is 3.18. The largest absolute Gasteiger partial charge is 0.342 e. The molecule has 3 heterocycles. The molecule has 2 aromatic rings. The number of likely N-dealkylation sites (N-methyl/N-ethyl adjacent to an activating group) is 1. The first-order valence-corrected chi connectivity index (χ1v) is 9.08. The number of unbranched alkanes of at least 4 members (excludes halogenated alkanes) is 1. The number of nitrogens with zero attached hydrogens (tertiary/aromatic N) is 4. The van der Waals surface area contributed by atoms with Gasteiger partial charge in [0.2, 0.25) is 5.91 Å². The zero-order valence-electron chi connectivity index (χ0n) is 15.5. The highest BCUT2D eigenvalue weighted by atomic mass is 16.2. The Hall–Kier alpha value is -3.03. The Labute approximate surface area is 157 Å². The molecular formula is C19H23N5O3. The van der Waals surface area contributed by atoms with E-state index in [0.717, 1.165) is 12.8 Å². The zero-order chi connectivity index (χ0) is 19.4. The van der Waals surface area contributed by atoms with Gasteiger partial charge in [-0.05, 0) is 18.6 Å². The highest BCUT2D eigenvalue weighted by Crippen LogP contribution is 2.18. The van der Waals surface area contributed by atoms with E-state index in [4.69, 9.17) is 0 Å². The standard InChI is InChI=1S/C19H23N5O3/c1-3-4-7-15-19(27)23(2)9-10-24(15)18(26)14-12-21-16(22-17(14)25)13-6-5-8-20-11-13/h5-6,8,11-12,15H,3-4,7,9-10H2,1-2H3,(H,21,22,25)/t15-/m1/s1. The Kier molecular flexibility index (Phi) is 5.63. The summed E-state index contributed by atoms with van der Waals surface area (Å²) in [6, 6.07) is 2.98. The average molecular weight is 369 g/mol. The van der Waals surface area contributed by atoms with Gasteiger partial charge in [0.25, 0.3) is 11.5 Å². The molecule has 3 rings (SSSR count). The molecule has 0 bridgehead atoms. The van der Waals surface area contributed by atoms with Crippen LogP contribution in [0.25, 0.3) is 11.4 Å². The summed E-state index contributed by atoms with van der Waals surface area (Å²) in [5.74, 6) is -0.190. The second kappa shape index (κ2) is 8.11. The highest BCUT2D eigenvalue weighted by molar-refractivity contribution is 5.97. The Morgan fingerprint density at radius 3 is 2.78 bits per heavy atom. The first-order valence-electron chi connectivity index (χ1n) is 9.08. The van der Waals surface area contributed by atoms with Crippen molar-refractivity contribution >= 4 is 11.8 Å². The number of hydrogen-bond donors (Lipinski definition) is 1. The van der Waals surface area contributed by atoms with Crippen molar-refractivity contribution in [1.82, 2.24) is 24.8 Å². The van der Waals surface area contributed by atoms with Crippen molar-refractivity contribution < 1.29 is 9.59 Å². The van der Waals surface area contributed by atoms with Gasteiger partial charge in [0.05, 0.1) is 0 Å². The number of amides is 2. The summed E-state index contributed by atoms with van der Waals surface area (Å²) < 4.78 is 0. The molecule has 2 aromatic heterocycles. The van der Waals surface area contributed by atoms with Crippen molar-refractivity contribution in [2.45, 2.75) is 32.2 Å². The minimum absolute atomic E-state index is 0.0542. The molecule has 0 aromatic carbocycles. The monoisotopic (exact) mass is 369 g/mol. The van der Waals surface area contributed by atoms with E-state index in [1.807, 2.05) is 6.92 Å². The van der Waals surface area contributed by atoms with Gasteiger partial charge in [-0.3, -0.25) is 19.4 Å². The van der Waals surface area contributed by atoms with Gasteiger partial charge in [0.1, 0.15) is 17.4 Å². The van der Waals surface area contributed by atoms with Crippen LogP contribution in [0.2, 0.25) is 0 Å². The quantitative estimate of drug-likeness (QED) is 0.856. The van der Waals surface area contributed by atoms with Crippen LogP contribution in [0.15, 0.2) is 35.5 Å². The van der Waals surface area contributed by atoms with Crippen LogP contribution in [0.3, 0.4) is 0 Å². The Balaban J connectivity index is 1.88. The second-order valence-electron chi connectivity index (χ2n) is 6.63. The van der Waals surface area contributed by atoms with Crippen LogP contribution in [0.4, 0.5) is 0 Å². The number of carbonyl (C=O) groups is 2. The van der Waals surface area contributed by atoms with E-state index in [1.54, 1.807) is 36.5 Å². The molecule has 27 heavy (non-hydrogen) atoms. The number of aromatic nitrogens is 3. The molecular weight excluding hydrogens is 346 g/mol. The fraction of sp³-hybridized carbons (Fsp3) is 0.421.